The molecule has 6 nitrogen and oxygen atoms in total. The highest BCUT2D eigenvalue weighted by Crippen LogP contribution is 2.66. The van der Waals surface area contributed by atoms with E-state index in [4.69, 9.17) is 9.47 Å². The summed E-state index contributed by atoms with van der Waals surface area (Å²) in [6.07, 6.45) is -0.652. The lowest BCUT2D eigenvalue weighted by Gasteiger charge is -2.28. The minimum atomic E-state index is -2.71. The van der Waals surface area contributed by atoms with Gasteiger partial charge < -0.3 is 14.8 Å². The Labute approximate surface area is 188 Å². The summed E-state index contributed by atoms with van der Waals surface area (Å²) in [5.74, 6) is -6.23. The van der Waals surface area contributed by atoms with Crippen LogP contribution in [0, 0.1) is 17.8 Å². The SMILES string of the molecule is CC(C)(C)OC(=O)C(Br)C(=O)C(NC(=O)OCc1ccccc1)C1C[C@@H]2[C@H](C1)C2(F)F. The molecule has 1 amide bonds. The van der Waals surface area contributed by atoms with Gasteiger partial charge in [-0.25, -0.2) is 13.6 Å². The molecule has 0 spiro atoms. The largest absolute Gasteiger partial charge is 0.459 e. The van der Waals surface area contributed by atoms with E-state index in [1.54, 1.807) is 45.0 Å². The van der Waals surface area contributed by atoms with Gasteiger partial charge in [0, 0.05) is 11.8 Å². The molecule has 2 aliphatic rings. The Kier molecular flexibility index (Phi) is 6.74. The minimum Gasteiger partial charge on any atom is -0.459 e. The number of esters is 1. The lowest BCUT2D eigenvalue weighted by molar-refractivity contribution is -0.155. The topological polar surface area (TPSA) is 81.7 Å². The van der Waals surface area contributed by atoms with E-state index in [0.29, 0.717) is 0 Å². The van der Waals surface area contributed by atoms with Crippen LogP contribution in [-0.4, -0.2) is 40.2 Å². The lowest BCUT2D eigenvalue weighted by atomic mass is 9.89. The third-order valence-electron chi connectivity index (χ3n) is 5.61. The maximum absolute atomic E-state index is 13.6. The Morgan fingerprint density at radius 2 is 1.74 bits per heavy atom. The molecule has 1 aromatic rings. The highest BCUT2D eigenvalue weighted by Gasteiger charge is 2.72. The maximum Gasteiger partial charge on any atom is 0.408 e. The van der Waals surface area contributed by atoms with Crippen molar-refractivity contribution in [2.24, 2.45) is 17.8 Å². The summed E-state index contributed by atoms with van der Waals surface area (Å²) in [5, 5.41) is 2.50. The van der Waals surface area contributed by atoms with Crippen LogP contribution in [-0.2, 0) is 25.7 Å². The molecule has 0 aromatic heterocycles. The van der Waals surface area contributed by atoms with Crippen molar-refractivity contribution in [1.29, 1.82) is 0 Å². The molecule has 2 saturated carbocycles. The Morgan fingerprint density at radius 1 is 1.16 bits per heavy atom. The number of alkyl halides is 3. The van der Waals surface area contributed by atoms with Crippen LogP contribution in [0.5, 0.6) is 0 Å². The lowest BCUT2D eigenvalue weighted by Crippen LogP contribution is -2.51. The zero-order chi connectivity index (χ0) is 23.0. The molecule has 0 bridgehead atoms. The van der Waals surface area contributed by atoms with E-state index in [9.17, 15) is 23.2 Å². The van der Waals surface area contributed by atoms with Crippen molar-refractivity contribution >= 4 is 33.8 Å². The van der Waals surface area contributed by atoms with Crippen molar-refractivity contribution in [2.75, 3.05) is 0 Å². The van der Waals surface area contributed by atoms with Crippen molar-refractivity contribution in [3.63, 3.8) is 0 Å². The van der Waals surface area contributed by atoms with E-state index in [1.165, 1.54) is 0 Å². The van der Waals surface area contributed by atoms with Crippen molar-refractivity contribution in [1.82, 2.24) is 5.32 Å². The van der Waals surface area contributed by atoms with Gasteiger partial charge in [-0.1, -0.05) is 46.3 Å². The number of Topliss-reactive ketones (excluding diaryl/α,β-unsaturated/α-hetero) is 1. The molecular weight excluding hydrogens is 476 g/mol. The van der Waals surface area contributed by atoms with Crippen molar-refractivity contribution in [3.05, 3.63) is 35.9 Å². The average molecular weight is 502 g/mol. The summed E-state index contributed by atoms with van der Waals surface area (Å²) in [7, 11) is 0. The number of nitrogens with one attached hydrogen (secondary N) is 1. The van der Waals surface area contributed by atoms with Crippen LogP contribution in [0.4, 0.5) is 13.6 Å². The quantitative estimate of drug-likeness (QED) is 0.343. The van der Waals surface area contributed by atoms with Crippen LogP contribution < -0.4 is 5.32 Å². The number of ether oxygens (including phenoxy) is 2. The Balaban J connectivity index is 1.67. The molecule has 5 atom stereocenters. The van der Waals surface area contributed by atoms with E-state index < -0.39 is 58.0 Å². The molecule has 0 aliphatic heterocycles. The number of hydrogen-bond donors (Lipinski definition) is 1. The van der Waals surface area contributed by atoms with Gasteiger partial charge in [-0.05, 0) is 45.1 Å². The molecule has 0 heterocycles. The number of benzene rings is 1. The molecule has 1 N–H and O–H groups in total. The van der Waals surface area contributed by atoms with Crippen LogP contribution in [0.2, 0.25) is 0 Å². The van der Waals surface area contributed by atoms with Crippen LogP contribution in [0.25, 0.3) is 0 Å². The first-order valence-corrected chi connectivity index (χ1v) is 11.1. The molecule has 170 valence electrons. The van der Waals surface area contributed by atoms with Crippen molar-refractivity contribution < 1.29 is 32.6 Å². The zero-order valence-corrected chi connectivity index (χ0v) is 19.2. The summed E-state index contributed by atoms with van der Waals surface area (Å²) < 4.78 is 37.7. The molecule has 9 heteroatoms. The fourth-order valence-corrected chi connectivity index (χ4v) is 4.44. The molecule has 2 aliphatic carbocycles. The second kappa shape index (κ2) is 8.84. The number of hydrogen-bond acceptors (Lipinski definition) is 5. The highest BCUT2D eigenvalue weighted by molar-refractivity contribution is 9.10. The maximum atomic E-state index is 13.6. The van der Waals surface area contributed by atoms with Crippen molar-refractivity contribution in [3.8, 4) is 0 Å². The smallest absolute Gasteiger partial charge is 0.408 e. The third kappa shape index (κ3) is 5.61. The monoisotopic (exact) mass is 501 g/mol. The van der Waals surface area contributed by atoms with Gasteiger partial charge in [0.1, 0.15) is 12.2 Å². The highest BCUT2D eigenvalue weighted by atomic mass is 79.9. The molecule has 0 radical (unpaired) electrons. The van der Waals surface area contributed by atoms with Crippen LogP contribution in [0.1, 0.15) is 39.2 Å². The van der Waals surface area contributed by atoms with Crippen LogP contribution in [0.3, 0.4) is 0 Å². The minimum absolute atomic E-state index is 0.00855. The Hall–Kier alpha value is -2.03. The van der Waals surface area contributed by atoms with Crippen molar-refractivity contribution in [2.45, 2.75) is 62.6 Å². The van der Waals surface area contributed by atoms with E-state index in [2.05, 4.69) is 21.2 Å². The van der Waals surface area contributed by atoms with Crippen LogP contribution >= 0.6 is 15.9 Å². The van der Waals surface area contributed by atoms with Gasteiger partial charge in [0.25, 0.3) is 5.92 Å². The average Bonchev–Trinajstić information content (AvgIpc) is 3.04. The van der Waals surface area contributed by atoms with E-state index in [0.717, 1.165) is 5.56 Å². The first kappa shape index (κ1) is 23.6. The molecular formula is C22H26BrF2NO5. The summed E-state index contributed by atoms with van der Waals surface area (Å²) in [6.45, 7) is 4.99. The summed E-state index contributed by atoms with van der Waals surface area (Å²) in [6, 6.07) is 7.84. The molecule has 3 unspecified atom stereocenters. The molecule has 0 saturated heterocycles. The predicted molar refractivity (Wildman–Crippen MR) is 112 cm³/mol. The third-order valence-corrected chi connectivity index (χ3v) is 6.43. The normalized spacial score (nSPS) is 25.7. The van der Waals surface area contributed by atoms with Gasteiger partial charge in [0.15, 0.2) is 10.6 Å². The van der Waals surface area contributed by atoms with Gasteiger partial charge in [-0.15, -0.1) is 0 Å². The summed E-state index contributed by atoms with van der Waals surface area (Å²) in [4.78, 5) is 36.4. The van der Waals surface area contributed by atoms with Crippen LogP contribution in [0.15, 0.2) is 30.3 Å². The first-order chi connectivity index (χ1) is 14.4. The summed E-state index contributed by atoms with van der Waals surface area (Å²) >= 11 is 3.06. The van der Waals surface area contributed by atoms with E-state index in [-0.39, 0.29) is 19.4 Å². The van der Waals surface area contributed by atoms with Gasteiger partial charge >= 0.3 is 12.1 Å². The van der Waals surface area contributed by atoms with Gasteiger partial charge in [0.05, 0.1) is 6.04 Å². The number of ketones is 1. The fraction of sp³-hybridized carbons (Fsp3) is 0.591. The number of fused-ring (bicyclic) bond motifs is 1. The number of rotatable bonds is 7. The summed E-state index contributed by atoms with van der Waals surface area (Å²) in [5.41, 5.74) is -0.0489. The Bertz CT molecular complexity index is 828. The molecule has 3 rings (SSSR count). The second-order valence-corrected chi connectivity index (χ2v) is 10.0. The van der Waals surface area contributed by atoms with E-state index >= 15 is 0 Å². The number of halogens is 3. The predicted octanol–water partition coefficient (Wildman–Crippen LogP) is 4.25. The zero-order valence-electron chi connectivity index (χ0n) is 17.6. The van der Waals surface area contributed by atoms with Gasteiger partial charge in [0.2, 0.25) is 0 Å². The number of carbonyl (C=O) groups excluding carboxylic acids is 3. The standard InChI is InChI=1S/C22H26BrF2NO5/c1-21(2,3)31-19(28)16(23)18(27)17(13-9-14-15(10-13)22(14,24)25)26-20(29)30-11-12-7-5-4-6-8-12/h4-8,13-17H,9-11H2,1-3H3,(H,26,29)/t13?,14-,15+,16?,17?. The van der Waals surface area contributed by atoms with E-state index in [1.807, 2.05) is 6.07 Å². The molecule has 2 fully saturated rings. The Morgan fingerprint density at radius 3 is 2.29 bits per heavy atom. The second-order valence-electron chi connectivity index (χ2n) is 9.10. The molecule has 1 aromatic carbocycles. The number of carbonyl (C=O) groups is 3. The van der Waals surface area contributed by atoms with Gasteiger partial charge in [-0.2, -0.15) is 0 Å². The fourth-order valence-electron chi connectivity index (χ4n) is 4.06. The molecule has 31 heavy (non-hydrogen) atoms. The number of alkyl carbamates (subject to hydrolysis) is 1. The first-order valence-electron chi connectivity index (χ1n) is 10.2. The van der Waals surface area contributed by atoms with Gasteiger partial charge in [-0.3, -0.25) is 9.59 Å². The number of amides is 1.